The molecule has 0 aliphatic carbocycles. The molecular weight excluding hydrogens is 451 g/mol. The van der Waals surface area contributed by atoms with Gasteiger partial charge in [-0.1, -0.05) is 24.3 Å². The van der Waals surface area contributed by atoms with Crippen LogP contribution in [0.3, 0.4) is 0 Å². The molecule has 0 N–H and O–H groups in total. The number of halogens is 1. The molecule has 0 fully saturated rings. The third kappa shape index (κ3) is 4.62. The number of hydrogen-bond acceptors (Lipinski definition) is 6. The number of rotatable bonds is 7. The summed E-state index contributed by atoms with van der Waals surface area (Å²) in [6, 6.07) is 17.2. The number of ether oxygens (including phenoxy) is 4. The number of allylic oxidation sites excluding steroid dienone is 2. The summed E-state index contributed by atoms with van der Waals surface area (Å²) in [5.41, 5.74) is 1.45. The fourth-order valence-electron chi connectivity index (χ4n) is 3.96. The van der Waals surface area contributed by atoms with E-state index in [4.69, 9.17) is 18.9 Å². The summed E-state index contributed by atoms with van der Waals surface area (Å²) in [6.45, 7) is 1.66. The Morgan fingerprint density at radius 1 is 1.11 bits per heavy atom. The summed E-state index contributed by atoms with van der Waals surface area (Å²) in [5.74, 6) is -0.365. The van der Waals surface area contributed by atoms with Crippen LogP contribution in [0.4, 0.5) is 4.39 Å². The SMILES string of the molecule is COC(=O)C1=C(C)OC(n2cccc2)=C(C#N)[C@@H]1c1ccc(OCc2ccccc2F)c(OC)c1. The lowest BCUT2D eigenvalue weighted by atomic mass is 9.83. The summed E-state index contributed by atoms with van der Waals surface area (Å²) >= 11 is 0. The molecule has 0 saturated carbocycles. The van der Waals surface area contributed by atoms with Crippen LogP contribution >= 0.6 is 0 Å². The lowest BCUT2D eigenvalue weighted by Crippen LogP contribution is -2.23. The van der Waals surface area contributed by atoms with E-state index >= 15 is 0 Å². The maximum atomic E-state index is 14.0. The second-order valence-electron chi connectivity index (χ2n) is 7.71. The average molecular weight is 474 g/mol. The first-order valence-corrected chi connectivity index (χ1v) is 10.8. The lowest BCUT2D eigenvalue weighted by Gasteiger charge is -2.28. The number of methoxy groups -OCH3 is 2. The van der Waals surface area contributed by atoms with Crippen LogP contribution in [0.25, 0.3) is 5.88 Å². The number of carbonyl (C=O) groups excluding carboxylic acids is 1. The highest BCUT2D eigenvalue weighted by atomic mass is 19.1. The highest BCUT2D eigenvalue weighted by Gasteiger charge is 2.37. The molecule has 1 aliphatic heterocycles. The number of nitrogens with zero attached hydrogens (tertiary/aromatic N) is 2. The first kappa shape index (κ1) is 23.6. The molecule has 0 unspecified atom stereocenters. The molecule has 0 spiro atoms. The molecule has 0 amide bonds. The van der Waals surface area contributed by atoms with E-state index in [2.05, 4.69) is 6.07 Å². The molecular formula is C27H23FN2O5. The molecule has 4 rings (SSSR count). The van der Waals surface area contributed by atoms with Crippen molar-refractivity contribution in [2.45, 2.75) is 19.4 Å². The minimum atomic E-state index is -0.770. The van der Waals surface area contributed by atoms with Gasteiger partial charge in [-0.25, -0.2) is 9.18 Å². The Hall–Kier alpha value is -4.51. The standard InChI is InChI=1S/C27H23FN2O5/c1-17-24(27(31)33-3)25(20(15-29)26(35-17)30-12-6-7-13-30)18-10-11-22(23(14-18)32-2)34-16-19-8-4-5-9-21(19)28/h4-14,25H,16H2,1-3H3/t25-/m0/s1. The molecule has 2 aromatic carbocycles. The van der Waals surface area contributed by atoms with Gasteiger partial charge in [-0.05, 0) is 42.8 Å². The molecule has 0 saturated heterocycles. The van der Waals surface area contributed by atoms with Crippen LogP contribution in [0, 0.1) is 17.1 Å². The van der Waals surface area contributed by atoms with Gasteiger partial charge in [-0.2, -0.15) is 5.26 Å². The summed E-state index contributed by atoms with van der Waals surface area (Å²) in [5, 5.41) is 10.1. The van der Waals surface area contributed by atoms with Crippen molar-refractivity contribution in [1.29, 1.82) is 5.26 Å². The summed E-state index contributed by atoms with van der Waals surface area (Å²) in [6.07, 6.45) is 3.50. The van der Waals surface area contributed by atoms with Crippen molar-refractivity contribution in [2.24, 2.45) is 0 Å². The third-order valence-corrected chi connectivity index (χ3v) is 5.66. The van der Waals surface area contributed by atoms with Gasteiger partial charge in [0.25, 0.3) is 0 Å². The van der Waals surface area contributed by atoms with Gasteiger partial charge >= 0.3 is 5.97 Å². The van der Waals surface area contributed by atoms with Gasteiger partial charge in [0.2, 0.25) is 5.88 Å². The van der Waals surface area contributed by atoms with Crippen molar-refractivity contribution in [3.8, 4) is 17.6 Å². The van der Waals surface area contributed by atoms with Gasteiger partial charge in [-0.15, -0.1) is 0 Å². The molecule has 35 heavy (non-hydrogen) atoms. The Morgan fingerprint density at radius 3 is 2.51 bits per heavy atom. The molecule has 1 aliphatic rings. The van der Waals surface area contributed by atoms with E-state index < -0.39 is 11.9 Å². The number of aromatic nitrogens is 1. The minimum absolute atomic E-state index is 0.00714. The van der Waals surface area contributed by atoms with Crippen LogP contribution < -0.4 is 9.47 Å². The Kier molecular flexibility index (Phi) is 6.88. The minimum Gasteiger partial charge on any atom is -0.493 e. The van der Waals surface area contributed by atoms with Crippen LogP contribution in [0.5, 0.6) is 11.5 Å². The van der Waals surface area contributed by atoms with E-state index in [-0.39, 0.29) is 23.6 Å². The normalized spacial score (nSPS) is 15.3. The zero-order chi connectivity index (χ0) is 24.9. The van der Waals surface area contributed by atoms with Crippen LogP contribution in [0.2, 0.25) is 0 Å². The van der Waals surface area contributed by atoms with Gasteiger partial charge < -0.3 is 18.9 Å². The molecule has 2 heterocycles. The van der Waals surface area contributed by atoms with Crippen molar-refractivity contribution < 1.29 is 28.1 Å². The topological polar surface area (TPSA) is 82.7 Å². The number of nitriles is 1. The number of carbonyl (C=O) groups is 1. The van der Waals surface area contributed by atoms with E-state index in [9.17, 15) is 14.4 Å². The Balaban J connectivity index is 1.77. The van der Waals surface area contributed by atoms with Gasteiger partial charge in [0.05, 0.1) is 25.7 Å². The van der Waals surface area contributed by atoms with Crippen LogP contribution in [-0.4, -0.2) is 24.8 Å². The quantitative estimate of drug-likeness (QED) is 0.440. The van der Waals surface area contributed by atoms with E-state index in [1.54, 1.807) is 72.4 Å². The smallest absolute Gasteiger partial charge is 0.338 e. The number of esters is 1. The fourth-order valence-corrected chi connectivity index (χ4v) is 3.96. The predicted octanol–water partition coefficient (Wildman–Crippen LogP) is 5.17. The summed E-state index contributed by atoms with van der Waals surface area (Å²) < 4.78 is 37.9. The Labute approximate surface area is 202 Å². The van der Waals surface area contributed by atoms with E-state index in [0.29, 0.717) is 34.3 Å². The van der Waals surface area contributed by atoms with Gasteiger partial charge in [0, 0.05) is 18.0 Å². The van der Waals surface area contributed by atoms with Crippen molar-refractivity contribution in [1.82, 2.24) is 4.57 Å². The van der Waals surface area contributed by atoms with Gasteiger partial charge in [0.15, 0.2) is 11.5 Å². The Bertz CT molecular complexity index is 1350. The maximum Gasteiger partial charge on any atom is 0.338 e. The first-order chi connectivity index (χ1) is 17.0. The van der Waals surface area contributed by atoms with Crippen LogP contribution in [0.1, 0.15) is 24.0 Å². The molecule has 1 atom stereocenters. The summed E-state index contributed by atoms with van der Waals surface area (Å²) in [7, 11) is 2.75. The second kappa shape index (κ2) is 10.2. The maximum absolute atomic E-state index is 14.0. The monoisotopic (exact) mass is 474 g/mol. The van der Waals surface area contributed by atoms with Crippen molar-refractivity contribution in [2.75, 3.05) is 14.2 Å². The van der Waals surface area contributed by atoms with Crippen LogP contribution in [0.15, 0.2) is 83.9 Å². The zero-order valence-electron chi connectivity index (χ0n) is 19.4. The van der Waals surface area contributed by atoms with Gasteiger partial charge in [0.1, 0.15) is 29.8 Å². The summed E-state index contributed by atoms with van der Waals surface area (Å²) in [4.78, 5) is 12.7. The number of hydrogen-bond donors (Lipinski definition) is 0. The van der Waals surface area contributed by atoms with Crippen molar-refractivity contribution in [3.63, 3.8) is 0 Å². The molecule has 0 bridgehead atoms. The third-order valence-electron chi connectivity index (χ3n) is 5.66. The molecule has 1 aromatic heterocycles. The van der Waals surface area contributed by atoms with Crippen molar-refractivity contribution >= 4 is 11.9 Å². The lowest BCUT2D eigenvalue weighted by molar-refractivity contribution is -0.136. The molecule has 0 radical (unpaired) electrons. The molecule has 178 valence electrons. The van der Waals surface area contributed by atoms with Crippen LogP contribution in [-0.2, 0) is 20.9 Å². The molecule has 8 heteroatoms. The predicted molar refractivity (Wildman–Crippen MR) is 126 cm³/mol. The van der Waals surface area contributed by atoms with Crippen molar-refractivity contribution in [3.05, 3.63) is 101 Å². The fraction of sp³-hybridized carbons (Fsp3) is 0.185. The van der Waals surface area contributed by atoms with E-state index in [0.717, 1.165) is 0 Å². The molecule has 7 nitrogen and oxygen atoms in total. The highest BCUT2D eigenvalue weighted by molar-refractivity contribution is 5.93. The first-order valence-electron chi connectivity index (χ1n) is 10.8. The van der Waals surface area contributed by atoms with E-state index in [1.807, 2.05) is 0 Å². The second-order valence-corrected chi connectivity index (χ2v) is 7.71. The molecule has 3 aromatic rings. The zero-order valence-corrected chi connectivity index (χ0v) is 19.4. The highest BCUT2D eigenvalue weighted by Crippen LogP contribution is 2.44. The largest absolute Gasteiger partial charge is 0.493 e. The number of benzene rings is 2. The van der Waals surface area contributed by atoms with E-state index in [1.165, 1.54) is 20.3 Å². The van der Waals surface area contributed by atoms with Gasteiger partial charge in [-0.3, -0.25) is 4.57 Å². The average Bonchev–Trinajstić information content (AvgIpc) is 3.42. The Morgan fingerprint density at radius 2 is 1.86 bits per heavy atom.